The summed E-state index contributed by atoms with van der Waals surface area (Å²) in [6, 6.07) is 0. The number of ether oxygens (including phenoxy) is 2. The van der Waals surface area contributed by atoms with Gasteiger partial charge in [0.15, 0.2) is 5.79 Å². The molecule has 2 nitrogen and oxygen atoms in total. The van der Waals surface area contributed by atoms with Gasteiger partial charge in [-0.25, -0.2) is 0 Å². The largest absolute Gasteiger partial charge is 0.350 e. The molecule has 0 unspecified atom stereocenters. The Kier molecular flexibility index (Phi) is 10.6. The van der Waals surface area contributed by atoms with Crippen LogP contribution in [0.4, 0.5) is 0 Å². The van der Waals surface area contributed by atoms with Crippen LogP contribution in [0.1, 0.15) is 80.1 Å². The second-order valence-corrected chi connectivity index (χ2v) is 6.48. The molecule has 0 atom stereocenters. The minimum Gasteiger partial charge on any atom is -0.350 e. The van der Waals surface area contributed by atoms with Crippen LogP contribution in [0, 0.1) is 11.8 Å². The molecule has 0 spiro atoms. The quantitative estimate of drug-likeness (QED) is 0.349. The minimum atomic E-state index is -0.345. The van der Waals surface area contributed by atoms with E-state index in [1.165, 1.54) is 25.7 Å². The lowest BCUT2D eigenvalue weighted by atomic mass is 10.0. The van der Waals surface area contributed by atoms with Gasteiger partial charge in [0.2, 0.25) is 0 Å². The summed E-state index contributed by atoms with van der Waals surface area (Å²) >= 11 is 0. The molecule has 0 aromatic rings. The molecular formula is C17H36O2. The lowest BCUT2D eigenvalue weighted by Gasteiger charge is -2.34. The third-order valence-corrected chi connectivity index (χ3v) is 3.31. The van der Waals surface area contributed by atoms with Crippen LogP contribution in [-0.4, -0.2) is 19.0 Å². The topological polar surface area (TPSA) is 18.5 Å². The van der Waals surface area contributed by atoms with Crippen LogP contribution in [0.5, 0.6) is 0 Å². The molecule has 0 aliphatic rings. The number of hydrogen-bond acceptors (Lipinski definition) is 2. The predicted molar refractivity (Wildman–Crippen MR) is 83.4 cm³/mol. The molecule has 0 N–H and O–H groups in total. The Balaban J connectivity index is 4.36. The van der Waals surface area contributed by atoms with Crippen molar-refractivity contribution < 1.29 is 9.47 Å². The highest BCUT2D eigenvalue weighted by Gasteiger charge is 2.30. The fourth-order valence-corrected chi connectivity index (χ4v) is 2.03. The average Bonchev–Trinajstić information content (AvgIpc) is 2.37. The maximum Gasteiger partial charge on any atom is 0.168 e. The maximum absolute atomic E-state index is 6.15. The van der Waals surface area contributed by atoms with E-state index in [9.17, 15) is 0 Å². The normalized spacial score (nSPS) is 12.6. The summed E-state index contributed by atoms with van der Waals surface area (Å²) in [5.41, 5.74) is 0. The molecule has 0 saturated carbocycles. The van der Waals surface area contributed by atoms with Crippen LogP contribution in [0.2, 0.25) is 0 Å². The summed E-state index contributed by atoms with van der Waals surface area (Å²) in [5, 5.41) is 0. The first-order valence-corrected chi connectivity index (χ1v) is 8.23. The predicted octanol–water partition coefficient (Wildman–Crippen LogP) is 5.41. The molecule has 0 aliphatic carbocycles. The van der Waals surface area contributed by atoms with E-state index in [4.69, 9.17) is 9.47 Å². The highest BCUT2D eigenvalue weighted by Crippen LogP contribution is 2.27. The molecule has 0 aromatic heterocycles. The van der Waals surface area contributed by atoms with Crippen LogP contribution >= 0.6 is 0 Å². The summed E-state index contributed by atoms with van der Waals surface area (Å²) in [4.78, 5) is 0. The van der Waals surface area contributed by atoms with E-state index in [1.54, 1.807) is 0 Å². The van der Waals surface area contributed by atoms with Gasteiger partial charge in [0, 0.05) is 6.42 Å². The molecule has 2 heteroatoms. The van der Waals surface area contributed by atoms with Crippen molar-refractivity contribution in [2.45, 2.75) is 85.9 Å². The van der Waals surface area contributed by atoms with Crippen LogP contribution in [0.3, 0.4) is 0 Å². The van der Waals surface area contributed by atoms with Crippen molar-refractivity contribution in [3.05, 3.63) is 0 Å². The molecule has 0 saturated heterocycles. The lowest BCUT2D eigenvalue weighted by molar-refractivity contribution is -0.251. The van der Waals surface area contributed by atoms with Crippen molar-refractivity contribution in [2.75, 3.05) is 13.2 Å². The van der Waals surface area contributed by atoms with E-state index in [2.05, 4.69) is 41.5 Å². The zero-order valence-corrected chi connectivity index (χ0v) is 14.1. The first kappa shape index (κ1) is 18.9. The Hall–Kier alpha value is -0.0800. The van der Waals surface area contributed by atoms with E-state index in [0.29, 0.717) is 11.8 Å². The molecule has 19 heavy (non-hydrogen) atoms. The van der Waals surface area contributed by atoms with Gasteiger partial charge < -0.3 is 9.47 Å². The lowest BCUT2D eigenvalue weighted by Crippen LogP contribution is -2.37. The fraction of sp³-hybridized carbons (Fsp3) is 1.00. The smallest absolute Gasteiger partial charge is 0.168 e. The number of rotatable bonds is 12. The molecule has 0 bridgehead atoms. The van der Waals surface area contributed by atoms with Gasteiger partial charge in [0.05, 0.1) is 13.2 Å². The Morgan fingerprint density at radius 1 is 0.789 bits per heavy atom. The SMILES string of the molecule is CCCCCCC(CC)(OCC(C)C)OCC(C)C. The van der Waals surface area contributed by atoms with Gasteiger partial charge in [-0.1, -0.05) is 60.8 Å². The molecular weight excluding hydrogens is 236 g/mol. The molecule has 0 aromatic carbocycles. The van der Waals surface area contributed by atoms with Crippen molar-refractivity contribution in [1.82, 2.24) is 0 Å². The van der Waals surface area contributed by atoms with Crippen LogP contribution in [0.25, 0.3) is 0 Å². The molecule has 0 rings (SSSR count). The molecule has 0 radical (unpaired) electrons. The monoisotopic (exact) mass is 272 g/mol. The van der Waals surface area contributed by atoms with Gasteiger partial charge >= 0.3 is 0 Å². The van der Waals surface area contributed by atoms with E-state index < -0.39 is 0 Å². The van der Waals surface area contributed by atoms with Gasteiger partial charge in [0.25, 0.3) is 0 Å². The summed E-state index contributed by atoms with van der Waals surface area (Å²) in [6.45, 7) is 14.8. The first-order chi connectivity index (χ1) is 8.95. The van der Waals surface area contributed by atoms with E-state index >= 15 is 0 Å². The highest BCUT2D eigenvalue weighted by atomic mass is 16.7. The molecule has 0 amide bonds. The summed E-state index contributed by atoms with van der Waals surface area (Å²) in [5.74, 6) is 0.774. The zero-order valence-electron chi connectivity index (χ0n) is 14.1. The first-order valence-electron chi connectivity index (χ1n) is 8.23. The van der Waals surface area contributed by atoms with Crippen LogP contribution < -0.4 is 0 Å². The third kappa shape index (κ3) is 9.45. The van der Waals surface area contributed by atoms with E-state index in [1.807, 2.05) is 0 Å². The Morgan fingerprint density at radius 2 is 1.32 bits per heavy atom. The minimum absolute atomic E-state index is 0.345. The molecule has 0 heterocycles. The van der Waals surface area contributed by atoms with Crippen LogP contribution in [0.15, 0.2) is 0 Å². The molecule has 0 aliphatic heterocycles. The second kappa shape index (κ2) is 10.7. The second-order valence-electron chi connectivity index (χ2n) is 6.48. The maximum atomic E-state index is 6.15. The third-order valence-electron chi connectivity index (χ3n) is 3.31. The molecule has 116 valence electrons. The van der Waals surface area contributed by atoms with Crippen molar-refractivity contribution in [1.29, 1.82) is 0 Å². The number of hydrogen-bond donors (Lipinski definition) is 0. The van der Waals surface area contributed by atoms with Gasteiger partial charge in [-0.3, -0.25) is 0 Å². The Bertz CT molecular complexity index is 187. The van der Waals surface area contributed by atoms with Crippen molar-refractivity contribution in [3.63, 3.8) is 0 Å². The van der Waals surface area contributed by atoms with E-state index in [0.717, 1.165) is 26.1 Å². The van der Waals surface area contributed by atoms with Crippen molar-refractivity contribution in [2.24, 2.45) is 11.8 Å². The molecule has 0 fully saturated rings. The summed E-state index contributed by atoms with van der Waals surface area (Å²) in [6.07, 6.45) is 7.06. The van der Waals surface area contributed by atoms with Gasteiger partial charge in [-0.05, 0) is 24.7 Å². The van der Waals surface area contributed by atoms with Crippen LogP contribution in [-0.2, 0) is 9.47 Å². The van der Waals surface area contributed by atoms with E-state index in [-0.39, 0.29) is 5.79 Å². The highest BCUT2D eigenvalue weighted by molar-refractivity contribution is 4.70. The Morgan fingerprint density at radius 3 is 1.68 bits per heavy atom. The summed E-state index contributed by atoms with van der Waals surface area (Å²) < 4.78 is 12.3. The van der Waals surface area contributed by atoms with Crippen molar-refractivity contribution in [3.8, 4) is 0 Å². The summed E-state index contributed by atoms with van der Waals surface area (Å²) in [7, 11) is 0. The zero-order chi connectivity index (χ0) is 14.7. The average molecular weight is 272 g/mol. The van der Waals surface area contributed by atoms with Gasteiger partial charge in [-0.2, -0.15) is 0 Å². The standard InChI is InChI=1S/C17H36O2/c1-7-9-10-11-12-17(8-2,18-13-15(3)4)19-14-16(5)6/h15-16H,7-14H2,1-6H3. The van der Waals surface area contributed by atoms with Gasteiger partial charge in [0.1, 0.15) is 0 Å². The number of unbranched alkanes of at least 4 members (excludes halogenated alkanes) is 3. The van der Waals surface area contributed by atoms with Crippen molar-refractivity contribution >= 4 is 0 Å². The fourth-order valence-electron chi connectivity index (χ4n) is 2.03. The Labute approximate surface area is 121 Å². The van der Waals surface area contributed by atoms with Gasteiger partial charge in [-0.15, -0.1) is 0 Å².